The minimum atomic E-state index is -0.235. The standard InChI is InChI=1S/C21H28N4O3/c1-4-25(5-2)19(26)13-9-15-23-21(27)16-10-8-14-22-20(16)24-17-11-6-7-12-18(17)28-3/h6-8,10-12,14H,4-5,9,13,15H2,1-3H3,(H,22,24)(H,23,27). The summed E-state index contributed by atoms with van der Waals surface area (Å²) in [4.78, 5) is 30.7. The molecule has 2 rings (SSSR count). The molecule has 2 N–H and O–H groups in total. The molecule has 1 aromatic carbocycles. The molecule has 0 radical (unpaired) electrons. The van der Waals surface area contributed by atoms with Crippen LogP contribution in [0.4, 0.5) is 11.5 Å². The quantitative estimate of drug-likeness (QED) is 0.615. The Kier molecular flexibility index (Phi) is 8.27. The van der Waals surface area contributed by atoms with Gasteiger partial charge >= 0.3 is 0 Å². The van der Waals surface area contributed by atoms with Crippen LogP contribution in [0.5, 0.6) is 5.75 Å². The van der Waals surface area contributed by atoms with Gasteiger partial charge in [-0.15, -0.1) is 0 Å². The van der Waals surface area contributed by atoms with E-state index < -0.39 is 0 Å². The van der Waals surface area contributed by atoms with Crippen LogP contribution in [0.3, 0.4) is 0 Å². The number of hydrogen-bond acceptors (Lipinski definition) is 5. The van der Waals surface area contributed by atoms with Crippen LogP contribution in [0.25, 0.3) is 0 Å². The van der Waals surface area contributed by atoms with E-state index in [1.807, 2.05) is 38.1 Å². The van der Waals surface area contributed by atoms with Crippen molar-refractivity contribution < 1.29 is 14.3 Å². The summed E-state index contributed by atoms with van der Waals surface area (Å²) < 4.78 is 5.33. The summed E-state index contributed by atoms with van der Waals surface area (Å²) in [5, 5.41) is 6.02. The number of carbonyl (C=O) groups excluding carboxylic acids is 2. The molecular weight excluding hydrogens is 356 g/mol. The Labute approximate surface area is 166 Å². The van der Waals surface area contributed by atoms with Crippen LogP contribution in [-0.4, -0.2) is 48.4 Å². The van der Waals surface area contributed by atoms with E-state index in [4.69, 9.17) is 4.74 Å². The molecule has 1 heterocycles. The molecule has 0 aliphatic carbocycles. The maximum Gasteiger partial charge on any atom is 0.255 e. The number of nitrogens with one attached hydrogen (secondary N) is 2. The van der Waals surface area contributed by atoms with Crippen molar-refractivity contribution in [1.29, 1.82) is 0 Å². The van der Waals surface area contributed by atoms with Gasteiger partial charge in [-0.05, 0) is 44.5 Å². The number of hydrogen-bond donors (Lipinski definition) is 2. The van der Waals surface area contributed by atoms with Crippen LogP contribution in [0.2, 0.25) is 0 Å². The van der Waals surface area contributed by atoms with Crippen LogP contribution in [0.15, 0.2) is 42.6 Å². The molecule has 0 aliphatic rings. The van der Waals surface area contributed by atoms with E-state index in [2.05, 4.69) is 15.6 Å². The van der Waals surface area contributed by atoms with Gasteiger partial charge in [-0.3, -0.25) is 9.59 Å². The molecular formula is C21H28N4O3. The second-order valence-electron chi connectivity index (χ2n) is 6.15. The van der Waals surface area contributed by atoms with Gasteiger partial charge in [0.1, 0.15) is 11.6 Å². The molecule has 7 nitrogen and oxygen atoms in total. The van der Waals surface area contributed by atoms with E-state index in [-0.39, 0.29) is 11.8 Å². The summed E-state index contributed by atoms with van der Waals surface area (Å²) >= 11 is 0. The van der Waals surface area contributed by atoms with Crippen LogP contribution in [0.1, 0.15) is 37.0 Å². The largest absolute Gasteiger partial charge is 0.495 e. The summed E-state index contributed by atoms with van der Waals surface area (Å²) in [6.45, 7) is 5.75. The molecule has 2 amide bonds. The highest BCUT2D eigenvalue weighted by atomic mass is 16.5. The Morgan fingerprint density at radius 3 is 2.57 bits per heavy atom. The molecule has 150 valence electrons. The summed E-state index contributed by atoms with van der Waals surface area (Å²) in [6.07, 6.45) is 2.63. The lowest BCUT2D eigenvalue weighted by Crippen LogP contribution is -2.31. The van der Waals surface area contributed by atoms with Crippen LogP contribution in [0, 0.1) is 0 Å². The topological polar surface area (TPSA) is 83.6 Å². The van der Waals surface area contributed by atoms with E-state index in [0.29, 0.717) is 49.6 Å². The van der Waals surface area contributed by atoms with Crippen molar-refractivity contribution in [2.45, 2.75) is 26.7 Å². The summed E-state index contributed by atoms with van der Waals surface area (Å²) in [7, 11) is 1.59. The van der Waals surface area contributed by atoms with Gasteiger partial charge < -0.3 is 20.3 Å². The first-order valence-corrected chi connectivity index (χ1v) is 9.51. The number of anilines is 2. The highest BCUT2D eigenvalue weighted by molar-refractivity contribution is 5.99. The van der Waals surface area contributed by atoms with Crippen LogP contribution < -0.4 is 15.4 Å². The third-order valence-electron chi connectivity index (χ3n) is 4.38. The number of ether oxygens (including phenoxy) is 1. The Bertz CT molecular complexity index is 791. The number of rotatable bonds is 10. The van der Waals surface area contributed by atoms with Gasteiger partial charge in [-0.2, -0.15) is 0 Å². The van der Waals surface area contributed by atoms with Crippen molar-refractivity contribution in [3.05, 3.63) is 48.2 Å². The molecule has 7 heteroatoms. The van der Waals surface area contributed by atoms with Crippen molar-refractivity contribution in [1.82, 2.24) is 15.2 Å². The lowest BCUT2D eigenvalue weighted by atomic mass is 10.2. The predicted molar refractivity (Wildman–Crippen MR) is 110 cm³/mol. The second-order valence-corrected chi connectivity index (χ2v) is 6.15. The molecule has 2 aromatic rings. The van der Waals surface area contributed by atoms with E-state index in [0.717, 1.165) is 5.69 Å². The number of nitrogens with zero attached hydrogens (tertiary/aromatic N) is 2. The van der Waals surface area contributed by atoms with Crippen molar-refractivity contribution in [3.63, 3.8) is 0 Å². The summed E-state index contributed by atoms with van der Waals surface area (Å²) in [5.41, 5.74) is 1.16. The first kappa shape index (κ1) is 21.2. The fourth-order valence-corrected chi connectivity index (χ4v) is 2.83. The lowest BCUT2D eigenvalue weighted by molar-refractivity contribution is -0.130. The average Bonchev–Trinajstić information content (AvgIpc) is 2.72. The molecule has 0 spiro atoms. The predicted octanol–water partition coefficient (Wildman–Crippen LogP) is 3.21. The molecule has 0 aliphatic heterocycles. The van der Waals surface area contributed by atoms with E-state index in [1.54, 1.807) is 30.3 Å². The molecule has 0 saturated heterocycles. The van der Waals surface area contributed by atoms with Crippen LogP contribution >= 0.6 is 0 Å². The van der Waals surface area contributed by atoms with Crippen molar-refractivity contribution in [2.75, 3.05) is 32.1 Å². The van der Waals surface area contributed by atoms with Gasteiger partial charge in [0.05, 0.1) is 18.4 Å². The maximum absolute atomic E-state index is 12.6. The molecule has 28 heavy (non-hydrogen) atoms. The SMILES string of the molecule is CCN(CC)C(=O)CCCNC(=O)c1cccnc1Nc1ccccc1OC. The number of aromatic nitrogens is 1. The normalized spacial score (nSPS) is 10.2. The van der Waals surface area contributed by atoms with E-state index >= 15 is 0 Å². The molecule has 0 saturated carbocycles. The van der Waals surface area contributed by atoms with Gasteiger partial charge in [-0.1, -0.05) is 12.1 Å². The molecule has 0 bridgehead atoms. The Balaban J connectivity index is 1.96. The zero-order valence-corrected chi connectivity index (χ0v) is 16.7. The van der Waals surface area contributed by atoms with Crippen molar-refractivity contribution in [3.8, 4) is 5.75 Å². The van der Waals surface area contributed by atoms with Crippen molar-refractivity contribution in [2.24, 2.45) is 0 Å². The molecule has 0 fully saturated rings. The monoisotopic (exact) mass is 384 g/mol. The first-order chi connectivity index (χ1) is 13.6. The third-order valence-corrected chi connectivity index (χ3v) is 4.38. The second kappa shape index (κ2) is 10.9. The number of carbonyl (C=O) groups is 2. The van der Waals surface area contributed by atoms with E-state index in [9.17, 15) is 9.59 Å². The molecule has 1 aromatic heterocycles. The highest BCUT2D eigenvalue weighted by Crippen LogP contribution is 2.27. The number of benzene rings is 1. The first-order valence-electron chi connectivity index (χ1n) is 9.51. The number of para-hydroxylation sites is 2. The fraction of sp³-hybridized carbons (Fsp3) is 0.381. The summed E-state index contributed by atoms with van der Waals surface area (Å²) in [5.74, 6) is 0.984. The number of pyridine rings is 1. The van der Waals surface area contributed by atoms with Gasteiger partial charge in [0.2, 0.25) is 5.91 Å². The van der Waals surface area contributed by atoms with Gasteiger partial charge in [-0.25, -0.2) is 4.98 Å². The zero-order chi connectivity index (χ0) is 20.4. The average molecular weight is 384 g/mol. The highest BCUT2D eigenvalue weighted by Gasteiger charge is 2.14. The Hall–Kier alpha value is -3.09. The Morgan fingerprint density at radius 1 is 1.11 bits per heavy atom. The minimum absolute atomic E-state index is 0.110. The zero-order valence-electron chi connectivity index (χ0n) is 16.7. The lowest BCUT2D eigenvalue weighted by Gasteiger charge is -2.18. The van der Waals surface area contributed by atoms with E-state index in [1.165, 1.54) is 0 Å². The van der Waals surface area contributed by atoms with Gasteiger partial charge in [0, 0.05) is 32.3 Å². The maximum atomic E-state index is 12.6. The molecule has 0 atom stereocenters. The van der Waals surface area contributed by atoms with Crippen LogP contribution in [-0.2, 0) is 4.79 Å². The summed E-state index contributed by atoms with van der Waals surface area (Å²) in [6, 6.07) is 10.9. The third kappa shape index (κ3) is 5.70. The Morgan fingerprint density at radius 2 is 1.86 bits per heavy atom. The number of methoxy groups -OCH3 is 1. The minimum Gasteiger partial charge on any atom is -0.495 e. The van der Waals surface area contributed by atoms with Crippen molar-refractivity contribution >= 4 is 23.3 Å². The molecule has 0 unspecified atom stereocenters. The smallest absolute Gasteiger partial charge is 0.255 e. The number of amides is 2. The van der Waals surface area contributed by atoms with Gasteiger partial charge in [0.15, 0.2) is 0 Å². The van der Waals surface area contributed by atoms with Gasteiger partial charge in [0.25, 0.3) is 5.91 Å². The fourth-order valence-electron chi connectivity index (χ4n) is 2.83.